The van der Waals surface area contributed by atoms with E-state index in [-0.39, 0.29) is 30.3 Å². The monoisotopic (exact) mass is 236 g/mol. The Kier molecular flexibility index (Phi) is 6.89. The van der Waals surface area contributed by atoms with Crippen molar-refractivity contribution in [2.75, 3.05) is 26.8 Å². The van der Waals surface area contributed by atoms with Crippen LogP contribution >= 0.6 is 12.4 Å². The minimum Gasteiger partial charge on any atom is -0.384 e. The maximum atomic E-state index is 11.8. The summed E-state index contributed by atoms with van der Waals surface area (Å²) in [6.45, 7) is 3.93. The van der Waals surface area contributed by atoms with E-state index in [9.17, 15) is 4.79 Å². The lowest BCUT2D eigenvalue weighted by atomic mass is 10.0. The second-order valence-electron chi connectivity index (χ2n) is 4.04. The molecule has 1 aliphatic rings. The molecule has 15 heavy (non-hydrogen) atoms. The lowest BCUT2D eigenvalue weighted by Crippen LogP contribution is -2.47. The number of piperidine rings is 1. The molecule has 0 radical (unpaired) electrons. The second kappa shape index (κ2) is 7.04. The first-order valence-corrected chi connectivity index (χ1v) is 5.18. The van der Waals surface area contributed by atoms with Crippen LogP contribution in [-0.4, -0.2) is 43.7 Å². The van der Waals surface area contributed by atoms with Crippen molar-refractivity contribution in [3.8, 4) is 0 Å². The minimum absolute atomic E-state index is 0. The standard InChI is InChI=1S/C10H20N2O2.ClH/c1-8(7-14-2)10(13)12-5-3-4-9(11)6-12;/h8-9H,3-7,11H2,1-2H3;1H. The second-order valence-corrected chi connectivity index (χ2v) is 4.04. The van der Waals surface area contributed by atoms with E-state index in [1.54, 1.807) is 7.11 Å². The van der Waals surface area contributed by atoms with Crippen molar-refractivity contribution in [3.63, 3.8) is 0 Å². The third-order valence-electron chi connectivity index (χ3n) is 2.61. The molecule has 2 unspecified atom stereocenters. The first-order valence-electron chi connectivity index (χ1n) is 5.18. The normalized spacial score (nSPS) is 23.1. The van der Waals surface area contributed by atoms with Gasteiger partial charge in [0.15, 0.2) is 0 Å². The molecule has 0 spiro atoms. The first-order chi connectivity index (χ1) is 6.65. The Labute approximate surface area is 97.5 Å². The topological polar surface area (TPSA) is 55.6 Å². The van der Waals surface area contributed by atoms with Crippen LogP contribution < -0.4 is 5.73 Å². The van der Waals surface area contributed by atoms with Gasteiger partial charge in [-0.05, 0) is 12.8 Å². The van der Waals surface area contributed by atoms with Gasteiger partial charge in [-0.25, -0.2) is 0 Å². The summed E-state index contributed by atoms with van der Waals surface area (Å²) in [5, 5.41) is 0. The van der Waals surface area contributed by atoms with Crippen molar-refractivity contribution in [1.29, 1.82) is 0 Å². The molecular weight excluding hydrogens is 216 g/mol. The average molecular weight is 237 g/mol. The van der Waals surface area contributed by atoms with E-state index in [0.29, 0.717) is 13.2 Å². The summed E-state index contributed by atoms with van der Waals surface area (Å²) in [5.74, 6) is 0.118. The fourth-order valence-corrected chi connectivity index (χ4v) is 1.84. The van der Waals surface area contributed by atoms with Crippen LogP contribution in [0.3, 0.4) is 0 Å². The maximum Gasteiger partial charge on any atom is 0.227 e. The van der Waals surface area contributed by atoms with E-state index < -0.39 is 0 Å². The van der Waals surface area contributed by atoms with Crippen LogP contribution in [0.2, 0.25) is 0 Å². The highest BCUT2D eigenvalue weighted by Gasteiger charge is 2.24. The van der Waals surface area contributed by atoms with Gasteiger partial charge in [0.1, 0.15) is 0 Å². The SMILES string of the molecule is COCC(C)C(=O)N1CCCC(N)C1.Cl. The van der Waals surface area contributed by atoms with Crippen molar-refractivity contribution < 1.29 is 9.53 Å². The number of rotatable bonds is 3. The molecule has 1 aliphatic heterocycles. The number of nitrogens with two attached hydrogens (primary N) is 1. The largest absolute Gasteiger partial charge is 0.384 e. The maximum absolute atomic E-state index is 11.8. The zero-order chi connectivity index (χ0) is 10.6. The molecule has 0 saturated carbocycles. The van der Waals surface area contributed by atoms with Gasteiger partial charge in [-0.3, -0.25) is 4.79 Å². The zero-order valence-corrected chi connectivity index (χ0v) is 10.3. The molecule has 0 aliphatic carbocycles. The Morgan fingerprint density at radius 2 is 2.33 bits per heavy atom. The number of ether oxygens (including phenoxy) is 1. The van der Waals surface area contributed by atoms with Gasteiger partial charge in [-0.1, -0.05) is 6.92 Å². The highest BCUT2D eigenvalue weighted by Crippen LogP contribution is 2.11. The molecule has 0 aromatic rings. The van der Waals surface area contributed by atoms with Gasteiger partial charge in [0, 0.05) is 26.2 Å². The Morgan fingerprint density at radius 3 is 2.87 bits per heavy atom. The first kappa shape index (κ1) is 14.7. The van der Waals surface area contributed by atoms with Gasteiger partial charge >= 0.3 is 0 Å². The lowest BCUT2D eigenvalue weighted by Gasteiger charge is -2.32. The molecule has 5 heteroatoms. The number of hydrogen-bond donors (Lipinski definition) is 1. The molecule has 0 aromatic carbocycles. The highest BCUT2D eigenvalue weighted by atomic mass is 35.5. The summed E-state index contributed by atoms with van der Waals surface area (Å²) < 4.78 is 4.96. The predicted molar refractivity (Wildman–Crippen MR) is 62.1 cm³/mol. The lowest BCUT2D eigenvalue weighted by molar-refractivity contribution is -0.137. The van der Waals surface area contributed by atoms with Crippen LogP contribution in [0, 0.1) is 5.92 Å². The van der Waals surface area contributed by atoms with E-state index in [1.807, 2.05) is 11.8 Å². The molecule has 1 amide bonds. The third-order valence-corrected chi connectivity index (χ3v) is 2.61. The molecule has 0 aromatic heterocycles. The number of carbonyl (C=O) groups is 1. The highest BCUT2D eigenvalue weighted by molar-refractivity contribution is 5.85. The van der Waals surface area contributed by atoms with E-state index in [0.717, 1.165) is 19.4 Å². The van der Waals surface area contributed by atoms with Gasteiger partial charge in [0.05, 0.1) is 12.5 Å². The molecule has 1 heterocycles. The molecule has 2 atom stereocenters. The molecule has 1 fully saturated rings. The van der Waals surface area contributed by atoms with Crippen molar-refractivity contribution in [2.24, 2.45) is 11.7 Å². The molecule has 0 bridgehead atoms. The van der Waals surface area contributed by atoms with Crippen molar-refractivity contribution in [3.05, 3.63) is 0 Å². The van der Waals surface area contributed by atoms with Crippen molar-refractivity contribution in [1.82, 2.24) is 4.90 Å². The van der Waals surface area contributed by atoms with Gasteiger partial charge in [-0.2, -0.15) is 0 Å². The molecular formula is C10H21ClN2O2. The number of nitrogens with zero attached hydrogens (tertiary/aromatic N) is 1. The Balaban J connectivity index is 0.00000196. The van der Waals surface area contributed by atoms with E-state index in [1.165, 1.54) is 0 Å². The molecule has 4 nitrogen and oxygen atoms in total. The fourth-order valence-electron chi connectivity index (χ4n) is 1.84. The number of methoxy groups -OCH3 is 1. The Bertz CT molecular complexity index is 202. The minimum atomic E-state index is -0.0506. The Hall–Kier alpha value is -0.320. The summed E-state index contributed by atoms with van der Waals surface area (Å²) in [7, 11) is 1.62. The smallest absolute Gasteiger partial charge is 0.227 e. The Morgan fingerprint density at radius 1 is 1.67 bits per heavy atom. The summed E-state index contributed by atoms with van der Waals surface area (Å²) in [5.41, 5.74) is 5.81. The third kappa shape index (κ3) is 4.36. The fraction of sp³-hybridized carbons (Fsp3) is 0.900. The summed E-state index contributed by atoms with van der Waals surface area (Å²) in [4.78, 5) is 13.7. The molecule has 1 rings (SSSR count). The number of amides is 1. The van der Waals surface area contributed by atoms with Crippen LogP contribution in [0.5, 0.6) is 0 Å². The van der Waals surface area contributed by atoms with Gasteiger partial charge in [-0.15, -0.1) is 12.4 Å². The number of carbonyl (C=O) groups excluding carboxylic acids is 1. The summed E-state index contributed by atoms with van der Waals surface area (Å²) in [6, 6.07) is 0.155. The number of likely N-dealkylation sites (tertiary alicyclic amines) is 1. The van der Waals surface area contributed by atoms with Gasteiger partial charge in [0.25, 0.3) is 0 Å². The van der Waals surface area contributed by atoms with E-state index >= 15 is 0 Å². The number of hydrogen-bond acceptors (Lipinski definition) is 3. The predicted octanol–water partition coefficient (Wildman–Crippen LogP) is 0.640. The zero-order valence-electron chi connectivity index (χ0n) is 9.44. The van der Waals surface area contributed by atoms with Gasteiger partial charge in [0.2, 0.25) is 5.91 Å². The van der Waals surface area contributed by atoms with Crippen molar-refractivity contribution >= 4 is 18.3 Å². The molecule has 1 saturated heterocycles. The summed E-state index contributed by atoms with van der Waals surface area (Å²) >= 11 is 0. The van der Waals surface area contributed by atoms with Gasteiger partial charge < -0.3 is 15.4 Å². The molecule has 90 valence electrons. The summed E-state index contributed by atoms with van der Waals surface area (Å²) in [6.07, 6.45) is 2.05. The van der Waals surface area contributed by atoms with Crippen LogP contribution in [0.15, 0.2) is 0 Å². The van der Waals surface area contributed by atoms with Crippen LogP contribution in [-0.2, 0) is 9.53 Å². The van der Waals surface area contributed by atoms with E-state index in [2.05, 4.69) is 0 Å². The van der Waals surface area contributed by atoms with E-state index in [4.69, 9.17) is 10.5 Å². The number of halogens is 1. The quantitative estimate of drug-likeness (QED) is 0.783. The van der Waals surface area contributed by atoms with Crippen LogP contribution in [0.25, 0.3) is 0 Å². The average Bonchev–Trinajstić information content (AvgIpc) is 2.17. The van der Waals surface area contributed by atoms with Crippen LogP contribution in [0.1, 0.15) is 19.8 Å². The van der Waals surface area contributed by atoms with Crippen molar-refractivity contribution in [2.45, 2.75) is 25.8 Å². The molecule has 2 N–H and O–H groups in total. The van der Waals surface area contributed by atoms with Crippen LogP contribution in [0.4, 0.5) is 0 Å².